The van der Waals surface area contributed by atoms with Crippen molar-refractivity contribution in [2.45, 2.75) is 37.6 Å². The van der Waals surface area contributed by atoms with Gasteiger partial charge < -0.3 is 10.1 Å². The molecule has 3 rings (SSSR count). The van der Waals surface area contributed by atoms with Crippen molar-refractivity contribution in [3.8, 4) is 6.07 Å². The number of nitriles is 1. The Morgan fingerprint density at radius 1 is 1.18 bits per heavy atom. The number of rotatable bonds is 7. The summed E-state index contributed by atoms with van der Waals surface area (Å²) in [5, 5.41) is 11.9. The monoisotopic (exact) mass is 467 g/mol. The van der Waals surface area contributed by atoms with Crippen molar-refractivity contribution in [3.05, 3.63) is 65.2 Å². The van der Waals surface area contributed by atoms with Gasteiger partial charge in [-0.05, 0) is 62.6 Å². The number of hydrogen-bond acceptors (Lipinski definition) is 6. The molecule has 0 bridgehead atoms. The molecule has 0 spiro atoms. The number of nitrogens with zero attached hydrogens (tertiary/aromatic N) is 2. The summed E-state index contributed by atoms with van der Waals surface area (Å²) in [6.07, 6.45) is 2.43. The molecule has 8 nitrogen and oxygen atoms in total. The summed E-state index contributed by atoms with van der Waals surface area (Å²) in [6.45, 7) is 3.98. The molecular weight excluding hydrogens is 442 g/mol. The highest BCUT2D eigenvalue weighted by atomic mass is 32.2. The average Bonchev–Trinajstić information content (AvgIpc) is 3.30. The third-order valence-corrected chi connectivity index (χ3v) is 7.16. The van der Waals surface area contributed by atoms with Gasteiger partial charge >= 0.3 is 5.97 Å². The Morgan fingerprint density at radius 3 is 2.45 bits per heavy atom. The molecule has 1 heterocycles. The van der Waals surface area contributed by atoms with Gasteiger partial charge in [-0.15, -0.1) is 0 Å². The molecule has 1 atom stereocenters. The molecule has 2 aromatic carbocycles. The van der Waals surface area contributed by atoms with Crippen LogP contribution < -0.4 is 5.32 Å². The Morgan fingerprint density at radius 2 is 1.85 bits per heavy atom. The Labute approximate surface area is 193 Å². The topological polar surface area (TPSA) is 117 Å². The summed E-state index contributed by atoms with van der Waals surface area (Å²) < 4.78 is 32.2. The van der Waals surface area contributed by atoms with Crippen LogP contribution in [0.2, 0.25) is 0 Å². The normalized spacial score (nSPS) is 16.8. The second-order valence-corrected chi connectivity index (χ2v) is 9.48. The Hall–Kier alpha value is -3.48. The standard InChI is InChI=1S/C24H25N3O5S/c1-3-32-24(29)19(16-25)15-18-8-10-20(11-9-18)26-23(28)22-5-4-14-27(22)33(30,31)21-12-6-17(2)7-13-21/h6-13,15,22H,3-5,14H2,1-2H3,(H,26,28)/b19-15+/t22-/m0/s1. The molecule has 0 radical (unpaired) electrons. The van der Waals surface area contributed by atoms with E-state index in [0.29, 0.717) is 24.1 Å². The predicted molar refractivity (Wildman–Crippen MR) is 123 cm³/mol. The van der Waals surface area contributed by atoms with E-state index in [4.69, 9.17) is 10.00 Å². The number of aryl methyl sites for hydroxylation is 1. The summed E-state index contributed by atoms with van der Waals surface area (Å²) in [6, 6.07) is 14.1. The Bertz CT molecular complexity index is 1200. The first-order valence-corrected chi connectivity index (χ1v) is 12.0. The number of ether oxygens (including phenoxy) is 1. The van der Waals surface area contributed by atoms with Gasteiger partial charge in [0.2, 0.25) is 15.9 Å². The van der Waals surface area contributed by atoms with Crippen molar-refractivity contribution in [1.82, 2.24) is 4.31 Å². The number of nitrogens with one attached hydrogen (secondary N) is 1. The Kier molecular flexibility index (Phi) is 7.63. The third-order valence-electron chi connectivity index (χ3n) is 5.24. The van der Waals surface area contributed by atoms with Gasteiger partial charge in [0, 0.05) is 12.2 Å². The van der Waals surface area contributed by atoms with Crippen molar-refractivity contribution < 1.29 is 22.7 Å². The fourth-order valence-corrected chi connectivity index (χ4v) is 5.19. The first kappa shape index (κ1) is 24.2. The molecule has 0 aromatic heterocycles. The van der Waals surface area contributed by atoms with Crippen LogP contribution in [-0.2, 0) is 24.3 Å². The second-order valence-electron chi connectivity index (χ2n) is 7.59. The molecule has 33 heavy (non-hydrogen) atoms. The van der Waals surface area contributed by atoms with E-state index in [-0.39, 0.29) is 23.6 Å². The minimum atomic E-state index is -3.79. The van der Waals surface area contributed by atoms with Crippen LogP contribution in [0.15, 0.2) is 59.0 Å². The number of esters is 1. The first-order chi connectivity index (χ1) is 15.8. The number of carbonyl (C=O) groups is 2. The van der Waals surface area contributed by atoms with Gasteiger partial charge in [-0.1, -0.05) is 29.8 Å². The summed E-state index contributed by atoms with van der Waals surface area (Å²) in [4.78, 5) is 24.8. The summed E-state index contributed by atoms with van der Waals surface area (Å²) >= 11 is 0. The zero-order chi connectivity index (χ0) is 24.0. The van der Waals surface area contributed by atoms with Gasteiger partial charge in [0.15, 0.2) is 0 Å². The lowest BCUT2D eigenvalue weighted by Gasteiger charge is -2.23. The van der Waals surface area contributed by atoms with Gasteiger partial charge in [0.25, 0.3) is 0 Å². The van der Waals surface area contributed by atoms with E-state index >= 15 is 0 Å². The molecule has 1 fully saturated rings. The molecule has 1 aliphatic rings. The van der Waals surface area contributed by atoms with Crippen LogP contribution in [0.3, 0.4) is 0 Å². The van der Waals surface area contributed by atoms with Gasteiger partial charge in [0.1, 0.15) is 17.7 Å². The maximum absolute atomic E-state index is 13.1. The van der Waals surface area contributed by atoms with Crippen molar-refractivity contribution in [3.63, 3.8) is 0 Å². The minimum Gasteiger partial charge on any atom is -0.462 e. The van der Waals surface area contributed by atoms with E-state index in [0.717, 1.165) is 5.56 Å². The van der Waals surface area contributed by atoms with Crippen LogP contribution in [0.4, 0.5) is 5.69 Å². The molecule has 9 heteroatoms. The van der Waals surface area contributed by atoms with E-state index in [2.05, 4.69) is 5.32 Å². The zero-order valence-corrected chi connectivity index (χ0v) is 19.3. The molecule has 1 amide bonds. The highest BCUT2D eigenvalue weighted by molar-refractivity contribution is 7.89. The molecular formula is C24H25N3O5S. The van der Waals surface area contributed by atoms with Crippen LogP contribution in [0.5, 0.6) is 0 Å². The van der Waals surface area contributed by atoms with Gasteiger partial charge in [-0.25, -0.2) is 13.2 Å². The lowest BCUT2D eigenvalue weighted by molar-refractivity contribution is -0.137. The molecule has 2 aromatic rings. The Balaban J connectivity index is 1.72. The molecule has 0 saturated carbocycles. The maximum atomic E-state index is 13.1. The summed E-state index contributed by atoms with van der Waals surface area (Å²) in [5.74, 6) is -1.11. The van der Waals surface area contributed by atoms with E-state index in [1.165, 1.54) is 10.4 Å². The minimum absolute atomic E-state index is 0.128. The molecule has 1 N–H and O–H groups in total. The SMILES string of the molecule is CCOC(=O)/C(C#N)=C/c1ccc(NC(=O)[C@@H]2CCCN2S(=O)(=O)c2ccc(C)cc2)cc1. The number of benzene rings is 2. The third kappa shape index (κ3) is 5.66. The van der Waals surface area contributed by atoms with Gasteiger partial charge in [-0.2, -0.15) is 9.57 Å². The van der Waals surface area contributed by atoms with Crippen molar-refractivity contribution >= 4 is 33.7 Å². The highest BCUT2D eigenvalue weighted by Gasteiger charge is 2.39. The lowest BCUT2D eigenvalue weighted by atomic mass is 10.1. The number of sulfonamides is 1. The molecule has 172 valence electrons. The number of hydrogen-bond donors (Lipinski definition) is 1. The van der Waals surface area contributed by atoms with Crippen molar-refractivity contribution in [2.24, 2.45) is 0 Å². The second kappa shape index (κ2) is 10.4. The molecule has 0 unspecified atom stereocenters. The quantitative estimate of drug-likeness (QED) is 0.380. The molecule has 0 aliphatic carbocycles. The van der Waals surface area contributed by atoms with E-state index < -0.39 is 27.9 Å². The predicted octanol–water partition coefficient (Wildman–Crippen LogP) is 3.26. The van der Waals surface area contributed by atoms with E-state index in [1.807, 2.05) is 13.0 Å². The smallest absolute Gasteiger partial charge is 0.348 e. The summed E-state index contributed by atoms with van der Waals surface area (Å²) in [5.41, 5.74) is 1.89. The van der Waals surface area contributed by atoms with Gasteiger partial charge in [0.05, 0.1) is 11.5 Å². The van der Waals surface area contributed by atoms with Crippen LogP contribution >= 0.6 is 0 Å². The fraction of sp³-hybridized carbons (Fsp3) is 0.292. The highest BCUT2D eigenvalue weighted by Crippen LogP contribution is 2.27. The van der Waals surface area contributed by atoms with Gasteiger partial charge in [-0.3, -0.25) is 4.79 Å². The largest absolute Gasteiger partial charge is 0.462 e. The number of anilines is 1. The van der Waals surface area contributed by atoms with Crippen molar-refractivity contribution in [2.75, 3.05) is 18.5 Å². The van der Waals surface area contributed by atoms with Crippen LogP contribution in [0.25, 0.3) is 6.08 Å². The number of carbonyl (C=O) groups excluding carboxylic acids is 2. The fourth-order valence-electron chi connectivity index (χ4n) is 3.54. The van der Waals surface area contributed by atoms with Crippen LogP contribution in [0.1, 0.15) is 30.9 Å². The lowest BCUT2D eigenvalue weighted by Crippen LogP contribution is -2.43. The maximum Gasteiger partial charge on any atom is 0.348 e. The average molecular weight is 468 g/mol. The number of amides is 1. The molecule has 1 saturated heterocycles. The van der Waals surface area contributed by atoms with Crippen LogP contribution in [0, 0.1) is 18.3 Å². The first-order valence-electron chi connectivity index (χ1n) is 10.5. The van der Waals surface area contributed by atoms with E-state index in [1.54, 1.807) is 55.5 Å². The summed E-state index contributed by atoms with van der Waals surface area (Å²) in [7, 11) is -3.79. The van der Waals surface area contributed by atoms with Crippen LogP contribution in [-0.4, -0.2) is 43.8 Å². The van der Waals surface area contributed by atoms with Crippen molar-refractivity contribution in [1.29, 1.82) is 5.26 Å². The molecule has 1 aliphatic heterocycles. The van der Waals surface area contributed by atoms with E-state index in [9.17, 15) is 18.0 Å². The zero-order valence-electron chi connectivity index (χ0n) is 18.4.